The van der Waals surface area contributed by atoms with Crippen LogP contribution in [-0.4, -0.2) is 27.5 Å². The van der Waals surface area contributed by atoms with Crippen molar-refractivity contribution < 1.29 is 9.53 Å². The van der Waals surface area contributed by atoms with Gasteiger partial charge in [0.25, 0.3) is 0 Å². The number of imidazole rings is 1. The third-order valence-electron chi connectivity index (χ3n) is 4.03. The molecule has 0 fully saturated rings. The normalized spacial score (nSPS) is 10.9. The number of methoxy groups -OCH3 is 1. The molecule has 0 aliphatic carbocycles. The first-order valence-corrected chi connectivity index (χ1v) is 9.03. The third kappa shape index (κ3) is 3.85. The second kappa shape index (κ2) is 7.24. The van der Waals surface area contributed by atoms with E-state index in [9.17, 15) is 4.79 Å². The fraction of sp³-hybridized carbons (Fsp3) is 0.105. The summed E-state index contributed by atoms with van der Waals surface area (Å²) in [6, 6.07) is 12.7. The number of pyridine rings is 2. The summed E-state index contributed by atoms with van der Waals surface area (Å²) >= 11 is 3.43. The van der Waals surface area contributed by atoms with Crippen LogP contribution in [0.2, 0.25) is 0 Å². The van der Waals surface area contributed by atoms with Gasteiger partial charge in [-0.2, -0.15) is 0 Å². The Morgan fingerprint density at radius 3 is 2.89 bits per heavy atom. The first kappa shape index (κ1) is 17.3. The number of halogens is 1. The van der Waals surface area contributed by atoms with Gasteiger partial charge >= 0.3 is 6.03 Å². The highest BCUT2D eigenvalue weighted by atomic mass is 79.9. The molecule has 2 N–H and O–H groups in total. The quantitative estimate of drug-likeness (QED) is 0.518. The molecule has 0 bridgehead atoms. The summed E-state index contributed by atoms with van der Waals surface area (Å²) < 4.78 is 7.99. The minimum Gasteiger partial charge on any atom is -0.481 e. The van der Waals surface area contributed by atoms with E-state index in [0.717, 1.165) is 26.7 Å². The Morgan fingerprint density at radius 2 is 2.04 bits per heavy atom. The van der Waals surface area contributed by atoms with Gasteiger partial charge in [-0.15, -0.1) is 0 Å². The van der Waals surface area contributed by atoms with E-state index in [1.165, 1.54) is 0 Å². The van der Waals surface area contributed by atoms with Crippen molar-refractivity contribution in [3.63, 3.8) is 0 Å². The zero-order valence-corrected chi connectivity index (χ0v) is 16.0. The van der Waals surface area contributed by atoms with Crippen LogP contribution in [0.5, 0.6) is 5.88 Å². The van der Waals surface area contributed by atoms with Crippen molar-refractivity contribution in [1.82, 2.24) is 19.7 Å². The molecule has 7 nitrogen and oxygen atoms in total. The standard InChI is InChI=1S/C19H16BrN5O2/c1-27-18-7-2-12-8-14(4-5-16(12)24-18)23-19(26)21-9-15-11-25-10-13(20)3-6-17(25)22-15/h2-8,10-11H,9H2,1H3,(H2,21,23,26). The fourth-order valence-electron chi connectivity index (χ4n) is 2.75. The lowest BCUT2D eigenvalue weighted by molar-refractivity contribution is 0.251. The lowest BCUT2D eigenvalue weighted by Gasteiger charge is -2.08. The van der Waals surface area contributed by atoms with Crippen molar-refractivity contribution in [3.8, 4) is 5.88 Å². The molecule has 2 amide bonds. The van der Waals surface area contributed by atoms with Gasteiger partial charge in [-0.3, -0.25) is 0 Å². The van der Waals surface area contributed by atoms with Gasteiger partial charge in [-0.05, 0) is 52.3 Å². The Hall–Kier alpha value is -3.13. The second-order valence-electron chi connectivity index (χ2n) is 5.91. The SMILES string of the molecule is COc1ccc2cc(NC(=O)NCc3cn4cc(Br)ccc4n3)ccc2n1. The topological polar surface area (TPSA) is 80.5 Å². The van der Waals surface area contributed by atoms with E-state index in [4.69, 9.17) is 4.74 Å². The Bertz CT molecular complexity index is 1140. The highest BCUT2D eigenvalue weighted by molar-refractivity contribution is 9.10. The predicted molar refractivity (Wildman–Crippen MR) is 107 cm³/mol. The highest BCUT2D eigenvalue weighted by Crippen LogP contribution is 2.20. The van der Waals surface area contributed by atoms with Crippen molar-refractivity contribution >= 4 is 44.2 Å². The Labute approximate surface area is 163 Å². The molecule has 1 aromatic carbocycles. The van der Waals surface area contributed by atoms with E-state index >= 15 is 0 Å². The van der Waals surface area contributed by atoms with E-state index in [1.807, 2.05) is 47.1 Å². The largest absolute Gasteiger partial charge is 0.481 e. The number of hydrogen-bond donors (Lipinski definition) is 2. The van der Waals surface area contributed by atoms with E-state index in [1.54, 1.807) is 19.2 Å². The van der Waals surface area contributed by atoms with Gasteiger partial charge < -0.3 is 19.8 Å². The first-order valence-electron chi connectivity index (χ1n) is 8.23. The molecule has 0 aliphatic rings. The number of anilines is 1. The molecule has 3 aromatic heterocycles. The van der Waals surface area contributed by atoms with Crippen LogP contribution in [-0.2, 0) is 6.54 Å². The van der Waals surface area contributed by atoms with E-state index in [-0.39, 0.29) is 6.03 Å². The van der Waals surface area contributed by atoms with E-state index in [0.29, 0.717) is 18.1 Å². The predicted octanol–water partition coefficient (Wildman–Crippen LogP) is 3.98. The van der Waals surface area contributed by atoms with Gasteiger partial charge in [0.1, 0.15) is 5.65 Å². The molecule has 4 rings (SSSR count). The summed E-state index contributed by atoms with van der Waals surface area (Å²) in [4.78, 5) is 21.0. The smallest absolute Gasteiger partial charge is 0.319 e. The number of fused-ring (bicyclic) bond motifs is 2. The molecule has 0 unspecified atom stereocenters. The van der Waals surface area contributed by atoms with Gasteiger partial charge in [0.15, 0.2) is 0 Å². The Kier molecular flexibility index (Phi) is 4.64. The molecule has 136 valence electrons. The number of ether oxygens (including phenoxy) is 1. The van der Waals surface area contributed by atoms with Gasteiger partial charge in [-0.25, -0.2) is 14.8 Å². The number of nitrogens with one attached hydrogen (secondary N) is 2. The van der Waals surface area contributed by atoms with Crippen molar-refractivity contribution in [3.05, 3.63) is 65.0 Å². The number of hydrogen-bond acceptors (Lipinski definition) is 4. The van der Waals surface area contributed by atoms with Crippen molar-refractivity contribution in [2.45, 2.75) is 6.54 Å². The minimum atomic E-state index is -0.297. The number of urea groups is 1. The second-order valence-corrected chi connectivity index (χ2v) is 6.83. The summed E-state index contributed by atoms with van der Waals surface area (Å²) in [5.74, 6) is 0.556. The summed E-state index contributed by atoms with van der Waals surface area (Å²) in [7, 11) is 1.58. The molecule has 4 aromatic rings. The Morgan fingerprint density at radius 1 is 1.15 bits per heavy atom. The molecule has 27 heavy (non-hydrogen) atoms. The van der Waals surface area contributed by atoms with E-state index < -0.39 is 0 Å². The first-order chi connectivity index (χ1) is 13.1. The summed E-state index contributed by atoms with van der Waals surface area (Å²) in [5.41, 5.74) is 3.09. The molecule has 0 spiro atoms. The van der Waals surface area contributed by atoms with Crippen molar-refractivity contribution in [2.24, 2.45) is 0 Å². The zero-order valence-electron chi connectivity index (χ0n) is 14.4. The van der Waals surface area contributed by atoms with Gasteiger partial charge in [0.2, 0.25) is 5.88 Å². The number of carbonyl (C=O) groups excluding carboxylic acids is 1. The number of nitrogens with zero attached hydrogens (tertiary/aromatic N) is 3. The van der Waals surface area contributed by atoms with Crippen LogP contribution in [0.1, 0.15) is 5.69 Å². The minimum absolute atomic E-state index is 0.297. The molecule has 0 saturated heterocycles. The van der Waals surface area contributed by atoms with Crippen LogP contribution in [0.15, 0.2) is 59.3 Å². The monoisotopic (exact) mass is 425 g/mol. The number of benzene rings is 1. The summed E-state index contributed by atoms with van der Waals surface area (Å²) in [5, 5.41) is 6.56. The molecule has 0 aliphatic heterocycles. The highest BCUT2D eigenvalue weighted by Gasteiger charge is 2.06. The maximum atomic E-state index is 12.2. The van der Waals surface area contributed by atoms with Gasteiger partial charge in [-0.1, -0.05) is 0 Å². The molecule has 0 atom stereocenters. The number of carbonyl (C=O) groups is 1. The van der Waals surface area contributed by atoms with Crippen molar-refractivity contribution in [2.75, 3.05) is 12.4 Å². The lowest BCUT2D eigenvalue weighted by Crippen LogP contribution is -2.28. The van der Waals surface area contributed by atoms with Crippen LogP contribution in [0.25, 0.3) is 16.6 Å². The van der Waals surface area contributed by atoms with Crippen LogP contribution >= 0.6 is 15.9 Å². The Balaban J connectivity index is 1.41. The molecule has 0 radical (unpaired) electrons. The lowest BCUT2D eigenvalue weighted by atomic mass is 10.2. The molecule has 3 heterocycles. The van der Waals surface area contributed by atoms with Crippen LogP contribution in [0, 0.1) is 0 Å². The third-order valence-corrected chi connectivity index (χ3v) is 4.49. The maximum absolute atomic E-state index is 12.2. The average Bonchev–Trinajstić information content (AvgIpc) is 3.08. The maximum Gasteiger partial charge on any atom is 0.319 e. The average molecular weight is 426 g/mol. The summed E-state index contributed by atoms with van der Waals surface area (Å²) in [6.07, 6.45) is 3.81. The zero-order chi connectivity index (χ0) is 18.8. The van der Waals surface area contributed by atoms with Crippen molar-refractivity contribution in [1.29, 1.82) is 0 Å². The molecule has 8 heteroatoms. The molecule has 0 saturated carbocycles. The number of rotatable bonds is 4. The van der Waals surface area contributed by atoms with Gasteiger partial charge in [0, 0.05) is 34.0 Å². The molecular weight excluding hydrogens is 410 g/mol. The number of amides is 2. The fourth-order valence-corrected chi connectivity index (χ4v) is 3.10. The summed E-state index contributed by atoms with van der Waals surface area (Å²) in [6.45, 7) is 0.331. The van der Waals surface area contributed by atoms with Crippen LogP contribution in [0.4, 0.5) is 10.5 Å². The van der Waals surface area contributed by atoms with Crippen LogP contribution in [0.3, 0.4) is 0 Å². The molecular formula is C19H16BrN5O2. The number of aromatic nitrogens is 3. The van der Waals surface area contributed by atoms with E-state index in [2.05, 4.69) is 36.5 Å². The van der Waals surface area contributed by atoms with Gasteiger partial charge in [0.05, 0.1) is 24.9 Å². The van der Waals surface area contributed by atoms with Crippen LogP contribution < -0.4 is 15.4 Å².